The SMILES string of the molecule is CC.CC1=C(F)N=C(c2ccc(C)nc2F)C1.CC1=NC(F)=C(c2ccc(C)cc2)C1.CC1=NC(F)=C(c2ccc(C)nc2F)C1. The van der Waals surface area contributed by atoms with Gasteiger partial charge in [-0.2, -0.15) is 22.0 Å². The highest BCUT2D eigenvalue weighted by Gasteiger charge is 2.21. The highest BCUT2D eigenvalue weighted by Crippen LogP contribution is 2.31. The predicted octanol–water partition coefficient (Wildman–Crippen LogP) is 10.5. The normalized spacial score (nSPS) is 15.4. The van der Waals surface area contributed by atoms with Gasteiger partial charge >= 0.3 is 0 Å². The van der Waals surface area contributed by atoms with E-state index in [1.165, 1.54) is 5.56 Å². The number of aliphatic imine (C=N–C) groups is 3. The molecular formula is C36H38F5N5. The smallest absolute Gasteiger partial charge is 0.222 e. The summed E-state index contributed by atoms with van der Waals surface area (Å²) in [6, 6.07) is 14.3. The first-order valence-corrected chi connectivity index (χ1v) is 14.9. The van der Waals surface area contributed by atoms with Crippen LogP contribution in [-0.2, 0) is 0 Å². The Bertz CT molecular complexity index is 1780. The van der Waals surface area contributed by atoms with Crippen LogP contribution < -0.4 is 0 Å². The summed E-state index contributed by atoms with van der Waals surface area (Å²) in [6.45, 7) is 14.6. The summed E-state index contributed by atoms with van der Waals surface area (Å²) >= 11 is 0. The summed E-state index contributed by atoms with van der Waals surface area (Å²) in [5, 5.41) is 0. The van der Waals surface area contributed by atoms with Crippen LogP contribution in [0, 0.1) is 32.7 Å². The summed E-state index contributed by atoms with van der Waals surface area (Å²) < 4.78 is 66.5. The van der Waals surface area contributed by atoms with E-state index in [1.54, 1.807) is 52.0 Å². The fourth-order valence-corrected chi connectivity index (χ4v) is 4.61. The van der Waals surface area contributed by atoms with Gasteiger partial charge in [0.1, 0.15) is 0 Å². The first-order valence-electron chi connectivity index (χ1n) is 14.9. The van der Waals surface area contributed by atoms with Crippen molar-refractivity contribution in [1.29, 1.82) is 0 Å². The van der Waals surface area contributed by atoms with Gasteiger partial charge < -0.3 is 0 Å². The molecule has 0 atom stereocenters. The molecule has 0 unspecified atom stereocenters. The third-order valence-electron chi connectivity index (χ3n) is 6.97. The maximum absolute atomic E-state index is 13.4. The van der Waals surface area contributed by atoms with Crippen molar-refractivity contribution < 1.29 is 22.0 Å². The Morgan fingerprint density at radius 1 is 0.500 bits per heavy atom. The van der Waals surface area contributed by atoms with E-state index in [4.69, 9.17) is 0 Å². The maximum atomic E-state index is 13.4. The van der Waals surface area contributed by atoms with Crippen molar-refractivity contribution >= 4 is 28.3 Å². The fourth-order valence-electron chi connectivity index (χ4n) is 4.61. The molecule has 0 N–H and O–H groups in total. The van der Waals surface area contributed by atoms with E-state index in [0.29, 0.717) is 53.2 Å². The van der Waals surface area contributed by atoms with Crippen LogP contribution in [0.25, 0.3) is 11.1 Å². The summed E-state index contributed by atoms with van der Waals surface area (Å²) in [4.78, 5) is 18.5. The second kappa shape index (κ2) is 16.1. The molecule has 0 amide bonds. The van der Waals surface area contributed by atoms with Crippen LogP contribution in [0.5, 0.6) is 0 Å². The lowest BCUT2D eigenvalue weighted by atomic mass is 10.0. The van der Waals surface area contributed by atoms with E-state index in [1.807, 2.05) is 52.0 Å². The van der Waals surface area contributed by atoms with Crippen molar-refractivity contribution in [3.63, 3.8) is 0 Å². The third kappa shape index (κ3) is 9.22. The molecule has 242 valence electrons. The fraction of sp³-hybridized carbons (Fsp3) is 0.306. The van der Waals surface area contributed by atoms with Gasteiger partial charge in [0.15, 0.2) is 0 Å². The number of allylic oxidation sites excluding steroid dienone is 3. The molecule has 3 aromatic rings. The molecule has 0 saturated carbocycles. The van der Waals surface area contributed by atoms with Crippen molar-refractivity contribution in [1.82, 2.24) is 9.97 Å². The minimum absolute atomic E-state index is 0.207. The number of hydrogen-bond acceptors (Lipinski definition) is 5. The van der Waals surface area contributed by atoms with Gasteiger partial charge in [0.05, 0.1) is 11.3 Å². The zero-order chi connectivity index (χ0) is 34.1. The standard InChI is InChI=1S/C12H12FN.2C11H10F2N2.C2H6/c1-8-3-5-10(6-4-8)11-7-9(2)14-12(11)13;1-6-5-9(15-10(6)12)8-4-3-7(2)14-11(8)13;1-6-3-4-8(10(12)14-6)9-5-7(2)15-11(9)13;1-2/h3-6H,7H2,1-2H3;2*3-4H,5H2,1-2H3;1-2H3. The van der Waals surface area contributed by atoms with Crippen molar-refractivity contribution in [2.24, 2.45) is 15.0 Å². The molecule has 5 nitrogen and oxygen atoms in total. The molecule has 2 aromatic heterocycles. The second-order valence-corrected chi connectivity index (χ2v) is 10.8. The summed E-state index contributed by atoms with van der Waals surface area (Å²) in [5.41, 5.74) is 7.24. The molecule has 0 saturated heterocycles. The average Bonchev–Trinajstić information content (AvgIpc) is 3.64. The zero-order valence-corrected chi connectivity index (χ0v) is 27.4. The molecule has 0 aliphatic carbocycles. The highest BCUT2D eigenvalue weighted by molar-refractivity contribution is 6.04. The largest absolute Gasteiger partial charge is 0.229 e. The van der Waals surface area contributed by atoms with E-state index < -0.39 is 23.8 Å². The molecule has 0 spiro atoms. The molecule has 3 aliphatic rings. The lowest BCUT2D eigenvalue weighted by Crippen LogP contribution is -2.04. The lowest BCUT2D eigenvalue weighted by Gasteiger charge is -2.03. The van der Waals surface area contributed by atoms with Gasteiger partial charge in [-0.15, -0.1) is 0 Å². The number of aromatic nitrogens is 2. The third-order valence-corrected chi connectivity index (χ3v) is 6.97. The van der Waals surface area contributed by atoms with Crippen molar-refractivity contribution in [3.05, 3.63) is 117 Å². The summed E-state index contributed by atoms with van der Waals surface area (Å²) in [6.07, 6.45) is 1.34. The van der Waals surface area contributed by atoms with Crippen molar-refractivity contribution in [2.75, 3.05) is 0 Å². The van der Waals surface area contributed by atoms with E-state index in [9.17, 15) is 22.0 Å². The Kier molecular flexibility index (Phi) is 12.6. The zero-order valence-electron chi connectivity index (χ0n) is 27.4. The Morgan fingerprint density at radius 2 is 0.978 bits per heavy atom. The van der Waals surface area contributed by atoms with Crippen molar-refractivity contribution in [2.45, 2.75) is 74.7 Å². The molecule has 10 heteroatoms. The summed E-state index contributed by atoms with van der Waals surface area (Å²) in [7, 11) is 0. The number of benzene rings is 1. The quantitative estimate of drug-likeness (QED) is 0.163. The number of hydrogen-bond donors (Lipinski definition) is 0. The molecule has 0 radical (unpaired) electrons. The monoisotopic (exact) mass is 635 g/mol. The van der Waals surface area contributed by atoms with Gasteiger partial charge in [-0.3, -0.25) is 0 Å². The second-order valence-electron chi connectivity index (χ2n) is 10.8. The van der Waals surface area contributed by atoms with Gasteiger partial charge in [0, 0.05) is 58.8 Å². The van der Waals surface area contributed by atoms with Crippen LogP contribution in [0.4, 0.5) is 22.0 Å². The van der Waals surface area contributed by atoms with E-state index in [2.05, 4.69) is 24.9 Å². The number of rotatable bonds is 3. The van der Waals surface area contributed by atoms with E-state index in [-0.39, 0.29) is 22.7 Å². The molecule has 6 rings (SSSR count). The number of halogens is 5. The summed E-state index contributed by atoms with van der Waals surface area (Å²) in [5.74, 6) is -2.66. The molecule has 0 bridgehead atoms. The molecule has 3 aliphatic heterocycles. The van der Waals surface area contributed by atoms with Gasteiger partial charge in [0.2, 0.25) is 29.7 Å². The van der Waals surface area contributed by atoms with Crippen LogP contribution in [0.1, 0.15) is 87.5 Å². The number of pyridine rings is 2. The lowest BCUT2D eigenvalue weighted by molar-refractivity contribution is 0.573. The highest BCUT2D eigenvalue weighted by atomic mass is 19.1. The first kappa shape index (κ1) is 35.9. The van der Waals surface area contributed by atoms with Crippen LogP contribution >= 0.6 is 0 Å². The predicted molar refractivity (Wildman–Crippen MR) is 177 cm³/mol. The van der Waals surface area contributed by atoms with Crippen LogP contribution in [-0.4, -0.2) is 27.1 Å². The average molecular weight is 636 g/mol. The van der Waals surface area contributed by atoms with Crippen LogP contribution in [0.2, 0.25) is 0 Å². The topological polar surface area (TPSA) is 62.9 Å². The molecule has 5 heterocycles. The van der Waals surface area contributed by atoms with Crippen LogP contribution in [0.3, 0.4) is 0 Å². The Labute approximate surface area is 267 Å². The van der Waals surface area contributed by atoms with Gasteiger partial charge in [-0.1, -0.05) is 43.7 Å². The van der Waals surface area contributed by atoms with Crippen LogP contribution in [0.15, 0.2) is 86.9 Å². The molecular weight excluding hydrogens is 597 g/mol. The maximum Gasteiger partial charge on any atom is 0.222 e. The van der Waals surface area contributed by atoms with Crippen molar-refractivity contribution in [3.8, 4) is 0 Å². The van der Waals surface area contributed by atoms with Gasteiger partial charge in [-0.05, 0) is 76.9 Å². The molecule has 1 aromatic carbocycles. The Morgan fingerprint density at radius 3 is 1.39 bits per heavy atom. The molecule has 46 heavy (non-hydrogen) atoms. The minimum Gasteiger partial charge on any atom is -0.229 e. The Hall–Kier alpha value is -4.60. The van der Waals surface area contributed by atoms with E-state index in [0.717, 1.165) is 11.3 Å². The van der Waals surface area contributed by atoms with E-state index >= 15 is 0 Å². The minimum atomic E-state index is -0.634. The van der Waals surface area contributed by atoms with Gasteiger partial charge in [0.25, 0.3) is 0 Å². The first-order chi connectivity index (χ1) is 21.8. The number of aryl methyl sites for hydroxylation is 3. The number of nitrogens with zero attached hydrogens (tertiary/aromatic N) is 5. The Balaban J connectivity index is 0.000000183. The van der Waals surface area contributed by atoms with Gasteiger partial charge in [-0.25, -0.2) is 24.9 Å². The molecule has 0 fully saturated rings.